The highest BCUT2D eigenvalue weighted by molar-refractivity contribution is 5.81. The highest BCUT2D eigenvalue weighted by Crippen LogP contribution is 2.17. The topological polar surface area (TPSA) is 71.2 Å². The maximum Gasteiger partial charge on any atom is 0.237 e. The normalized spacial score (nSPS) is 16.5. The Labute approximate surface area is 120 Å². The molecule has 1 aliphatic heterocycles. The van der Waals surface area contributed by atoms with Crippen LogP contribution >= 0.6 is 0 Å². The quantitative estimate of drug-likeness (QED) is 0.850. The van der Waals surface area contributed by atoms with E-state index in [0.29, 0.717) is 6.54 Å². The van der Waals surface area contributed by atoms with Crippen LogP contribution < -0.4 is 16.0 Å². The first-order valence-electron chi connectivity index (χ1n) is 7.31. The Morgan fingerprint density at radius 3 is 2.65 bits per heavy atom. The number of amides is 1. The first-order chi connectivity index (χ1) is 9.58. The van der Waals surface area contributed by atoms with Gasteiger partial charge in [0.2, 0.25) is 5.91 Å². The molecule has 0 saturated carbocycles. The zero-order valence-corrected chi connectivity index (χ0v) is 12.3. The molecule has 5 nitrogen and oxygen atoms in total. The molecule has 3 N–H and O–H groups in total. The first kappa shape index (κ1) is 14.8. The molecule has 1 unspecified atom stereocenters. The van der Waals surface area contributed by atoms with E-state index in [1.54, 1.807) is 0 Å². The molecule has 1 aromatic rings. The molecule has 0 aliphatic carbocycles. The van der Waals surface area contributed by atoms with Crippen molar-refractivity contribution < 1.29 is 4.79 Å². The zero-order valence-electron chi connectivity index (χ0n) is 12.3. The van der Waals surface area contributed by atoms with Crippen molar-refractivity contribution in [3.05, 3.63) is 23.9 Å². The van der Waals surface area contributed by atoms with Crippen molar-refractivity contribution in [3.8, 4) is 0 Å². The van der Waals surface area contributed by atoms with Gasteiger partial charge in [-0.05, 0) is 30.4 Å². The Bertz CT molecular complexity index is 438. The lowest BCUT2D eigenvalue weighted by molar-refractivity contribution is -0.123. The molecule has 110 valence electrons. The fourth-order valence-electron chi connectivity index (χ4n) is 2.26. The Morgan fingerprint density at radius 2 is 2.10 bits per heavy atom. The van der Waals surface area contributed by atoms with Gasteiger partial charge in [-0.2, -0.15) is 0 Å². The molecule has 5 heteroatoms. The Kier molecular flexibility index (Phi) is 4.95. The van der Waals surface area contributed by atoms with Crippen LogP contribution in [0.4, 0.5) is 5.82 Å². The number of hydrogen-bond donors (Lipinski definition) is 2. The summed E-state index contributed by atoms with van der Waals surface area (Å²) in [6, 6.07) is 3.59. The predicted octanol–water partition coefficient (Wildman–Crippen LogP) is 1.28. The third-order valence-electron chi connectivity index (χ3n) is 3.73. The highest BCUT2D eigenvalue weighted by Gasteiger charge is 2.17. The van der Waals surface area contributed by atoms with Crippen molar-refractivity contribution in [2.24, 2.45) is 11.7 Å². The van der Waals surface area contributed by atoms with Crippen LogP contribution in [0.25, 0.3) is 0 Å². The van der Waals surface area contributed by atoms with Crippen LogP contribution in [-0.2, 0) is 11.3 Å². The van der Waals surface area contributed by atoms with Crippen molar-refractivity contribution in [2.75, 3.05) is 18.0 Å². The summed E-state index contributed by atoms with van der Waals surface area (Å²) in [5.74, 6) is 1.06. The molecule has 1 atom stereocenters. The van der Waals surface area contributed by atoms with Crippen molar-refractivity contribution in [2.45, 2.75) is 39.3 Å². The summed E-state index contributed by atoms with van der Waals surface area (Å²) in [6.45, 7) is 6.54. The predicted molar refractivity (Wildman–Crippen MR) is 80.3 cm³/mol. The third kappa shape index (κ3) is 3.70. The molecular weight excluding hydrogens is 252 g/mol. The van der Waals surface area contributed by atoms with E-state index in [9.17, 15) is 4.79 Å². The van der Waals surface area contributed by atoms with Gasteiger partial charge in [-0.15, -0.1) is 0 Å². The van der Waals surface area contributed by atoms with Crippen molar-refractivity contribution in [3.63, 3.8) is 0 Å². The maximum atomic E-state index is 11.8. The summed E-state index contributed by atoms with van der Waals surface area (Å²) >= 11 is 0. The second kappa shape index (κ2) is 6.70. The summed E-state index contributed by atoms with van der Waals surface area (Å²) in [5, 5.41) is 2.85. The van der Waals surface area contributed by atoms with Gasteiger partial charge in [-0.3, -0.25) is 4.79 Å². The van der Waals surface area contributed by atoms with Crippen LogP contribution in [0.3, 0.4) is 0 Å². The van der Waals surface area contributed by atoms with Gasteiger partial charge in [-0.25, -0.2) is 4.98 Å². The molecule has 1 saturated heterocycles. The number of carbonyl (C=O) groups is 1. The number of rotatable bonds is 5. The van der Waals surface area contributed by atoms with Crippen LogP contribution in [0.2, 0.25) is 0 Å². The van der Waals surface area contributed by atoms with Gasteiger partial charge in [-0.1, -0.05) is 19.9 Å². The number of nitrogens with two attached hydrogens (primary N) is 1. The first-order valence-corrected chi connectivity index (χ1v) is 7.31. The van der Waals surface area contributed by atoms with Crippen molar-refractivity contribution in [1.82, 2.24) is 10.3 Å². The lowest BCUT2D eigenvalue weighted by Crippen LogP contribution is -2.43. The summed E-state index contributed by atoms with van der Waals surface area (Å²) in [7, 11) is 0. The van der Waals surface area contributed by atoms with E-state index in [1.165, 1.54) is 12.8 Å². The van der Waals surface area contributed by atoms with Crippen LogP contribution in [0.1, 0.15) is 32.3 Å². The Balaban J connectivity index is 1.86. The standard InChI is InChI=1S/C15H24N4O/c1-11(2)14(16)15(20)18-10-12-5-6-13(17-9-12)19-7-3-4-8-19/h5-6,9,11,14H,3-4,7-8,10,16H2,1-2H3,(H,18,20). The minimum atomic E-state index is -0.452. The van der Waals surface area contributed by atoms with E-state index in [0.717, 1.165) is 24.5 Å². The van der Waals surface area contributed by atoms with Crippen LogP contribution in [0.5, 0.6) is 0 Å². The van der Waals surface area contributed by atoms with Crippen molar-refractivity contribution >= 4 is 11.7 Å². The van der Waals surface area contributed by atoms with Gasteiger partial charge in [0.05, 0.1) is 6.04 Å². The molecule has 0 bridgehead atoms. The van der Waals surface area contributed by atoms with E-state index in [2.05, 4.69) is 15.2 Å². The number of nitrogens with zero attached hydrogens (tertiary/aromatic N) is 2. The number of hydrogen-bond acceptors (Lipinski definition) is 4. The third-order valence-corrected chi connectivity index (χ3v) is 3.73. The van der Waals surface area contributed by atoms with Gasteiger partial charge >= 0.3 is 0 Å². The molecule has 2 rings (SSSR count). The fraction of sp³-hybridized carbons (Fsp3) is 0.600. The lowest BCUT2D eigenvalue weighted by Gasteiger charge is -2.17. The molecular formula is C15H24N4O. The zero-order chi connectivity index (χ0) is 14.5. The summed E-state index contributed by atoms with van der Waals surface area (Å²) < 4.78 is 0. The van der Waals surface area contributed by atoms with E-state index in [-0.39, 0.29) is 11.8 Å². The SMILES string of the molecule is CC(C)C(N)C(=O)NCc1ccc(N2CCCC2)nc1. The monoisotopic (exact) mass is 276 g/mol. The number of pyridine rings is 1. The summed E-state index contributed by atoms with van der Waals surface area (Å²) in [4.78, 5) is 18.5. The van der Waals surface area contributed by atoms with Crippen LogP contribution in [-0.4, -0.2) is 30.0 Å². The summed E-state index contributed by atoms with van der Waals surface area (Å²) in [6.07, 6.45) is 4.31. The van der Waals surface area contributed by atoms with Crippen LogP contribution in [0, 0.1) is 5.92 Å². The molecule has 0 radical (unpaired) electrons. The lowest BCUT2D eigenvalue weighted by atomic mass is 10.1. The molecule has 1 aromatic heterocycles. The van der Waals surface area contributed by atoms with Crippen molar-refractivity contribution in [1.29, 1.82) is 0 Å². The minimum absolute atomic E-state index is 0.108. The van der Waals surface area contributed by atoms with E-state index >= 15 is 0 Å². The van der Waals surface area contributed by atoms with Gasteiger partial charge in [0, 0.05) is 25.8 Å². The Hall–Kier alpha value is -1.62. The number of anilines is 1. The average Bonchev–Trinajstić information content (AvgIpc) is 2.98. The van der Waals surface area contributed by atoms with E-state index < -0.39 is 6.04 Å². The average molecular weight is 276 g/mol. The number of nitrogens with one attached hydrogen (secondary N) is 1. The molecule has 20 heavy (non-hydrogen) atoms. The largest absolute Gasteiger partial charge is 0.357 e. The second-order valence-corrected chi connectivity index (χ2v) is 5.71. The van der Waals surface area contributed by atoms with E-state index in [1.807, 2.05) is 32.2 Å². The molecule has 0 aromatic carbocycles. The fourth-order valence-corrected chi connectivity index (χ4v) is 2.26. The number of aromatic nitrogens is 1. The molecule has 1 fully saturated rings. The van der Waals surface area contributed by atoms with Gasteiger partial charge in [0.25, 0.3) is 0 Å². The smallest absolute Gasteiger partial charge is 0.237 e. The molecule has 2 heterocycles. The van der Waals surface area contributed by atoms with Gasteiger partial charge in [0.1, 0.15) is 5.82 Å². The highest BCUT2D eigenvalue weighted by atomic mass is 16.2. The maximum absolute atomic E-state index is 11.8. The number of carbonyl (C=O) groups excluding carboxylic acids is 1. The van der Waals surface area contributed by atoms with Crippen LogP contribution in [0.15, 0.2) is 18.3 Å². The minimum Gasteiger partial charge on any atom is -0.357 e. The van der Waals surface area contributed by atoms with Gasteiger partial charge < -0.3 is 16.0 Å². The van der Waals surface area contributed by atoms with Gasteiger partial charge in [0.15, 0.2) is 0 Å². The molecule has 1 aliphatic rings. The summed E-state index contributed by atoms with van der Waals surface area (Å²) in [5.41, 5.74) is 6.79. The molecule has 1 amide bonds. The van der Waals surface area contributed by atoms with E-state index in [4.69, 9.17) is 5.73 Å². The Morgan fingerprint density at radius 1 is 1.40 bits per heavy atom. The second-order valence-electron chi connectivity index (χ2n) is 5.71. The molecule has 0 spiro atoms.